The minimum absolute atomic E-state index is 0.0186. The first-order valence-electron chi connectivity index (χ1n) is 6.88. The zero-order chi connectivity index (χ0) is 14.7. The quantitative estimate of drug-likeness (QED) is 0.895. The van der Waals surface area contributed by atoms with E-state index in [1.165, 1.54) is 10.4 Å². The maximum absolute atomic E-state index is 11.9. The van der Waals surface area contributed by atoms with Crippen LogP contribution in [0.4, 0.5) is 4.79 Å². The van der Waals surface area contributed by atoms with Crippen LogP contribution in [0.15, 0.2) is 11.4 Å². The summed E-state index contributed by atoms with van der Waals surface area (Å²) in [5, 5.41) is 7.11. The Hall–Kier alpha value is -1.40. The molecule has 3 amide bonds. The second kappa shape index (κ2) is 6.37. The van der Waals surface area contributed by atoms with Gasteiger partial charge in [-0.15, -0.1) is 11.3 Å². The number of fused-ring (bicyclic) bond motifs is 1. The first-order valence-corrected chi connectivity index (χ1v) is 7.76. The van der Waals surface area contributed by atoms with Crippen LogP contribution in [0.2, 0.25) is 0 Å². The van der Waals surface area contributed by atoms with Crippen molar-refractivity contribution >= 4 is 23.3 Å². The average molecular weight is 295 g/mol. The highest BCUT2D eigenvalue weighted by Crippen LogP contribution is 2.32. The van der Waals surface area contributed by atoms with Gasteiger partial charge in [-0.05, 0) is 44.2 Å². The molecular weight excluding hydrogens is 274 g/mol. The zero-order valence-corrected chi connectivity index (χ0v) is 12.9. The molecule has 0 saturated heterocycles. The van der Waals surface area contributed by atoms with Gasteiger partial charge in [0.2, 0.25) is 5.91 Å². The number of amides is 3. The molecule has 1 aromatic heterocycles. The Morgan fingerprint density at radius 3 is 2.95 bits per heavy atom. The van der Waals surface area contributed by atoms with Crippen molar-refractivity contribution < 1.29 is 9.59 Å². The van der Waals surface area contributed by atoms with Crippen LogP contribution >= 0.6 is 11.3 Å². The summed E-state index contributed by atoms with van der Waals surface area (Å²) in [5.41, 5.74) is 1.31. The maximum atomic E-state index is 11.9. The molecule has 1 aliphatic heterocycles. The highest BCUT2D eigenvalue weighted by atomic mass is 32.1. The van der Waals surface area contributed by atoms with Crippen molar-refractivity contribution in [3.8, 4) is 0 Å². The van der Waals surface area contributed by atoms with E-state index in [9.17, 15) is 9.59 Å². The summed E-state index contributed by atoms with van der Waals surface area (Å²) in [6.07, 6.45) is 0.975. The molecule has 20 heavy (non-hydrogen) atoms. The van der Waals surface area contributed by atoms with Crippen molar-refractivity contribution in [1.82, 2.24) is 15.5 Å². The van der Waals surface area contributed by atoms with Crippen molar-refractivity contribution in [2.45, 2.75) is 39.3 Å². The minimum Gasteiger partial charge on any atom is -0.336 e. The SMILES string of the molecule is CC(C)NC(=O)NC(=O)CN1CCc2sccc2[C@@H]1C. The fourth-order valence-electron chi connectivity index (χ4n) is 2.43. The van der Waals surface area contributed by atoms with E-state index < -0.39 is 6.03 Å². The third-order valence-electron chi connectivity index (χ3n) is 3.42. The molecule has 6 heteroatoms. The number of hydrogen-bond acceptors (Lipinski definition) is 4. The van der Waals surface area contributed by atoms with E-state index in [2.05, 4.69) is 33.9 Å². The summed E-state index contributed by atoms with van der Waals surface area (Å²) in [6, 6.07) is 1.94. The molecule has 2 N–H and O–H groups in total. The van der Waals surface area contributed by atoms with Crippen LogP contribution in [-0.4, -0.2) is 36.0 Å². The fraction of sp³-hybridized carbons (Fsp3) is 0.571. The van der Waals surface area contributed by atoms with Gasteiger partial charge in [0.25, 0.3) is 0 Å². The molecule has 1 aliphatic rings. The van der Waals surface area contributed by atoms with Gasteiger partial charge in [-0.2, -0.15) is 0 Å². The van der Waals surface area contributed by atoms with E-state index in [4.69, 9.17) is 0 Å². The molecule has 0 saturated carbocycles. The molecule has 2 rings (SSSR count). The molecule has 0 bridgehead atoms. The highest BCUT2D eigenvalue weighted by molar-refractivity contribution is 7.10. The van der Waals surface area contributed by atoms with Gasteiger partial charge in [0.15, 0.2) is 0 Å². The number of carbonyl (C=O) groups is 2. The van der Waals surface area contributed by atoms with Crippen molar-refractivity contribution in [2.75, 3.05) is 13.1 Å². The number of nitrogens with one attached hydrogen (secondary N) is 2. The number of rotatable bonds is 3. The highest BCUT2D eigenvalue weighted by Gasteiger charge is 2.26. The molecule has 0 spiro atoms. The second-order valence-electron chi connectivity index (χ2n) is 5.37. The van der Waals surface area contributed by atoms with E-state index >= 15 is 0 Å². The van der Waals surface area contributed by atoms with Gasteiger partial charge >= 0.3 is 6.03 Å². The molecule has 0 aromatic carbocycles. The first-order chi connectivity index (χ1) is 9.47. The lowest BCUT2D eigenvalue weighted by Gasteiger charge is -2.32. The number of hydrogen-bond donors (Lipinski definition) is 2. The fourth-order valence-corrected chi connectivity index (χ4v) is 3.39. The smallest absolute Gasteiger partial charge is 0.321 e. The van der Waals surface area contributed by atoms with Crippen LogP contribution in [0.3, 0.4) is 0 Å². The van der Waals surface area contributed by atoms with Gasteiger partial charge in [0, 0.05) is 23.5 Å². The van der Waals surface area contributed by atoms with E-state index in [0.717, 1.165) is 13.0 Å². The number of carbonyl (C=O) groups excluding carboxylic acids is 2. The van der Waals surface area contributed by atoms with Gasteiger partial charge in [0.1, 0.15) is 0 Å². The van der Waals surface area contributed by atoms with Gasteiger partial charge < -0.3 is 5.32 Å². The van der Waals surface area contributed by atoms with Gasteiger partial charge in [-0.3, -0.25) is 15.0 Å². The van der Waals surface area contributed by atoms with Crippen LogP contribution < -0.4 is 10.6 Å². The van der Waals surface area contributed by atoms with Crippen LogP contribution in [0, 0.1) is 0 Å². The van der Waals surface area contributed by atoms with Crippen molar-refractivity contribution in [3.05, 3.63) is 21.9 Å². The average Bonchev–Trinajstić information content (AvgIpc) is 2.80. The third-order valence-corrected chi connectivity index (χ3v) is 4.42. The molecule has 0 aliphatic carbocycles. The summed E-state index contributed by atoms with van der Waals surface area (Å²) in [6.45, 7) is 6.92. The van der Waals surface area contributed by atoms with Crippen LogP contribution in [0.1, 0.15) is 37.3 Å². The summed E-state index contributed by atoms with van der Waals surface area (Å²) >= 11 is 1.78. The molecular formula is C14H21N3O2S. The van der Waals surface area contributed by atoms with E-state index in [0.29, 0.717) is 0 Å². The third kappa shape index (κ3) is 3.58. The van der Waals surface area contributed by atoms with Gasteiger partial charge in [-0.1, -0.05) is 0 Å². The summed E-state index contributed by atoms with van der Waals surface area (Å²) in [4.78, 5) is 26.9. The Kier molecular flexibility index (Phi) is 4.77. The Morgan fingerprint density at radius 2 is 2.25 bits per heavy atom. The zero-order valence-electron chi connectivity index (χ0n) is 12.1. The predicted octanol–water partition coefficient (Wildman–Crippen LogP) is 1.90. The van der Waals surface area contributed by atoms with Crippen molar-refractivity contribution in [1.29, 1.82) is 0 Å². The molecule has 0 unspecified atom stereocenters. The topological polar surface area (TPSA) is 61.4 Å². The minimum atomic E-state index is -0.425. The van der Waals surface area contributed by atoms with Crippen LogP contribution in [-0.2, 0) is 11.2 Å². The molecule has 0 radical (unpaired) electrons. The van der Waals surface area contributed by atoms with Crippen LogP contribution in [0.5, 0.6) is 0 Å². The molecule has 2 heterocycles. The molecule has 110 valence electrons. The van der Waals surface area contributed by atoms with Crippen molar-refractivity contribution in [2.24, 2.45) is 0 Å². The first kappa shape index (κ1) is 15.0. The van der Waals surface area contributed by atoms with Crippen molar-refractivity contribution in [3.63, 3.8) is 0 Å². The normalized spacial score (nSPS) is 18.7. The molecule has 1 aromatic rings. The maximum Gasteiger partial charge on any atom is 0.321 e. The number of thiophene rings is 1. The summed E-state index contributed by atoms with van der Waals surface area (Å²) in [5.74, 6) is -0.256. The second-order valence-corrected chi connectivity index (χ2v) is 6.37. The summed E-state index contributed by atoms with van der Waals surface area (Å²) < 4.78 is 0. The lowest BCUT2D eigenvalue weighted by molar-refractivity contribution is -0.121. The lowest BCUT2D eigenvalue weighted by atomic mass is 10.0. The molecule has 5 nitrogen and oxygen atoms in total. The monoisotopic (exact) mass is 295 g/mol. The number of nitrogens with zero attached hydrogens (tertiary/aromatic N) is 1. The largest absolute Gasteiger partial charge is 0.336 e. The molecule has 1 atom stereocenters. The Bertz CT molecular complexity index is 498. The number of urea groups is 1. The van der Waals surface area contributed by atoms with Gasteiger partial charge in [0.05, 0.1) is 6.54 Å². The van der Waals surface area contributed by atoms with Crippen LogP contribution in [0.25, 0.3) is 0 Å². The Labute approximate surface area is 123 Å². The summed E-state index contributed by atoms with van der Waals surface area (Å²) in [7, 11) is 0. The lowest BCUT2D eigenvalue weighted by Crippen LogP contribution is -2.47. The number of imide groups is 1. The Balaban J connectivity index is 1.88. The van der Waals surface area contributed by atoms with E-state index in [1.54, 1.807) is 11.3 Å². The van der Waals surface area contributed by atoms with E-state index in [1.807, 2.05) is 13.8 Å². The van der Waals surface area contributed by atoms with E-state index in [-0.39, 0.29) is 24.5 Å². The standard InChI is InChI=1S/C14H21N3O2S/c1-9(2)15-14(19)16-13(18)8-17-6-4-12-11(10(17)3)5-7-20-12/h5,7,9-10H,4,6,8H2,1-3H3,(H2,15,16,18,19)/t10-/m0/s1. The Morgan fingerprint density at radius 1 is 1.50 bits per heavy atom. The predicted molar refractivity (Wildman–Crippen MR) is 79.8 cm³/mol. The molecule has 0 fully saturated rings. The van der Waals surface area contributed by atoms with Gasteiger partial charge in [-0.25, -0.2) is 4.79 Å².